The summed E-state index contributed by atoms with van der Waals surface area (Å²) in [6.45, 7) is 8.39. The smallest absolute Gasteiger partial charge is 0.147 e. The molecule has 1 aliphatic heterocycles. The number of aromatic nitrogens is 2. The van der Waals surface area contributed by atoms with E-state index in [1.165, 1.54) is 44.1 Å². The van der Waals surface area contributed by atoms with Crippen molar-refractivity contribution in [3.8, 4) is 11.3 Å². The molecule has 1 saturated heterocycles. The van der Waals surface area contributed by atoms with E-state index in [1.54, 1.807) is 5.57 Å². The molecule has 0 unspecified atom stereocenters. The minimum absolute atomic E-state index is 0.542. The molecule has 3 heterocycles. The van der Waals surface area contributed by atoms with Crippen LogP contribution in [-0.2, 0) is 0 Å². The van der Waals surface area contributed by atoms with Gasteiger partial charge < -0.3 is 9.84 Å². The molecule has 2 aromatic heterocycles. The fourth-order valence-electron chi connectivity index (χ4n) is 4.86. The van der Waals surface area contributed by atoms with Crippen molar-refractivity contribution in [3.05, 3.63) is 47.0 Å². The Morgan fingerprint density at radius 1 is 1.22 bits per heavy atom. The Balaban J connectivity index is 1.54. The van der Waals surface area contributed by atoms with Crippen LogP contribution in [-0.4, -0.2) is 23.2 Å². The maximum absolute atomic E-state index is 5.88. The summed E-state index contributed by atoms with van der Waals surface area (Å²) in [5, 5.41) is 8.02. The number of nitrogens with one attached hydrogen (secondary N) is 1. The second kappa shape index (κ2) is 6.45. The summed E-state index contributed by atoms with van der Waals surface area (Å²) in [6, 6.07) is 0. The molecule has 0 atom stereocenters. The van der Waals surface area contributed by atoms with E-state index in [0.717, 1.165) is 41.2 Å². The molecule has 5 rings (SSSR count). The topological polar surface area (TPSA) is 51.0 Å². The van der Waals surface area contributed by atoms with E-state index in [-0.39, 0.29) is 0 Å². The van der Waals surface area contributed by atoms with Crippen LogP contribution in [0.4, 0.5) is 0 Å². The van der Waals surface area contributed by atoms with Gasteiger partial charge in [0.2, 0.25) is 0 Å². The number of pyridine rings is 1. The van der Waals surface area contributed by atoms with Crippen LogP contribution in [0.3, 0.4) is 0 Å². The molecule has 27 heavy (non-hydrogen) atoms. The van der Waals surface area contributed by atoms with Crippen LogP contribution in [0.5, 0.6) is 0 Å². The van der Waals surface area contributed by atoms with E-state index < -0.39 is 0 Å². The van der Waals surface area contributed by atoms with Gasteiger partial charge in [0.25, 0.3) is 0 Å². The first kappa shape index (κ1) is 16.9. The zero-order valence-corrected chi connectivity index (χ0v) is 16.1. The summed E-state index contributed by atoms with van der Waals surface area (Å²) >= 11 is 0. The van der Waals surface area contributed by atoms with Gasteiger partial charge in [-0.3, -0.25) is 4.98 Å². The molecular weight excluding hydrogens is 334 g/mol. The first-order chi connectivity index (χ1) is 13.2. The molecule has 140 valence electrons. The highest BCUT2D eigenvalue weighted by molar-refractivity contribution is 5.82. The molecule has 0 bridgehead atoms. The molecule has 3 aliphatic rings. The molecule has 2 aliphatic carbocycles. The quantitative estimate of drug-likeness (QED) is 0.822. The van der Waals surface area contributed by atoms with E-state index in [1.807, 2.05) is 18.5 Å². The van der Waals surface area contributed by atoms with Crippen molar-refractivity contribution >= 4 is 12.2 Å². The van der Waals surface area contributed by atoms with Crippen molar-refractivity contribution in [1.82, 2.24) is 15.5 Å². The highest BCUT2D eigenvalue weighted by atomic mass is 16.5. The molecule has 1 N–H and O–H groups in total. The number of hydrogen-bond donors (Lipinski definition) is 1. The van der Waals surface area contributed by atoms with Crippen molar-refractivity contribution < 1.29 is 4.52 Å². The van der Waals surface area contributed by atoms with E-state index >= 15 is 0 Å². The van der Waals surface area contributed by atoms with Crippen molar-refractivity contribution in [2.45, 2.75) is 51.4 Å². The second-order valence-corrected chi connectivity index (χ2v) is 8.61. The maximum atomic E-state index is 5.88. The fraction of sp³-hybridized carbons (Fsp3) is 0.478. The van der Waals surface area contributed by atoms with Gasteiger partial charge in [-0.2, -0.15) is 0 Å². The Hall–Kier alpha value is -2.20. The maximum Gasteiger partial charge on any atom is 0.147 e. The number of piperidine rings is 1. The Morgan fingerprint density at radius 3 is 2.70 bits per heavy atom. The second-order valence-electron chi connectivity index (χ2n) is 8.61. The molecule has 1 spiro atoms. The highest BCUT2D eigenvalue weighted by Crippen LogP contribution is 2.53. The lowest BCUT2D eigenvalue weighted by Gasteiger charge is -2.47. The number of nitrogens with zero attached hydrogens (tertiary/aromatic N) is 2. The Morgan fingerprint density at radius 2 is 2.00 bits per heavy atom. The van der Waals surface area contributed by atoms with E-state index in [4.69, 9.17) is 4.52 Å². The molecule has 4 nitrogen and oxygen atoms in total. The number of aryl methyl sites for hydroxylation is 1. The van der Waals surface area contributed by atoms with Crippen molar-refractivity contribution in [2.75, 3.05) is 13.1 Å². The van der Waals surface area contributed by atoms with Crippen LogP contribution in [0.2, 0.25) is 0 Å². The Bertz CT molecular complexity index is 904. The molecule has 2 aromatic rings. The van der Waals surface area contributed by atoms with Gasteiger partial charge in [0.15, 0.2) is 0 Å². The van der Waals surface area contributed by atoms with E-state index in [0.29, 0.717) is 11.3 Å². The molecular formula is C23H27N3O. The summed E-state index contributed by atoms with van der Waals surface area (Å²) in [4.78, 5) is 4.32. The number of rotatable bonds is 4. The van der Waals surface area contributed by atoms with Crippen LogP contribution in [0.15, 0.2) is 29.1 Å². The Kier molecular flexibility index (Phi) is 4.05. The standard InChI is InChI=1S/C23H27N3O/c1-3-17-14-25-13-15(2)20(17)21-19(22(27-26-21)18-4-5-18)10-16-11-23(12-16)6-8-24-9-7-23/h3,10,13-14,18,24H,1,4-9,11-12H2,2H3. The lowest BCUT2D eigenvalue weighted by molar-refractivity contribution is 0.143. The number of hydrogen-bond acceptors (Lipinski definition) is 4. The monoisotopic (exact) mass is 361 g/mol. The molecule has 4 heteroatoms. The van der Waals surface area contributed by atoms with Gasteiger partial charge in [-0.15, -0.1) is 0 Å². The van der Waals surface area contributed by atoms with Crippen molar-refractivity contribution in [3.63, 3.8) is 0 Å². The zero-order valence-electron chi connectivity index (χ0n) is 16.1. The predicted molar refractivity (Wildman–Crippen MR) is 108 cm³/mol. The zero-order chi connectivity index (χ0) is 18.4. The minimum atomic E-state index is 0.542. The largest absolute Gasteiger partial charge is 0.360 e. The van der Waals surface area contributed by atoms with Gasteiger partial charge >= 0.3 is 0 Å². The van der Waals surface area contributed by atoms with E-state index in [2.05, 4.69) is 35.0 Å². The van der Waals surface area contributed by atoms with Gasteiger partial charge in [-0.1, -0.05) is 23.4 Å². The molecule has 0 amide bonds. The normalized spacial score (nSPS) is 21.1. The fourth-order valence-corrected chi connectivity index (χ4v) is 4.86. The molecule has 0 aromatic carbocycles. The van der Waals surface area contributed by atoms with Gasteiger partial charge in [0, 0.05) is 35.0 Å². The summed E-state index contributed by atoms with van der Waals surface area (Å²) < 4.78 is 5.88. The third kappa shape index (κ3) is 2.96. The lowest BCUT2D eigenvalue weighted by atomic mass is 9.60. The van der Waals surface area contributed by atoms with Gasteiger partial charge in [0.1, 0.15) is 11.5 Å². The van der Waals surface area contributed by atoms with Gasteiger partial charge in [0.05, 0.1) is 0 Å². The van der Waals surface area contributed by atoms with Crippen LogP contribution < -0.4 is 5.32 Å². The molecule has 0 radical (unpaired) electrons. The summed E-state index contributed by atoms with van der Waals surface area (Å²) in [7, 11) is 0. The summed E-state index contributed by atoms with van der Waals surface area (Å²) in [5.41, 5.74) is 7.51. The Labute approximate surface area is 160 Å². The first-order valence-corrected chi connectivity index (χ1v) is 10.2. The highest BCUT2D eigenvalue weighted by Gasteiger charge is 2.41. The average molecular weight is 361 g/mol. The van der Waals surface area contributed by atoms with Crippen LogP contribution in [0.25, 0.3) is 23.4 Å². The van der Waals surface area contributed by atoms with Gasteiger partial charge in [-0.25, -0.2) is 0 Å². The van der Waals surface area contributed by atoms with Crippen molar-refractivity contribution in [2.24, 2.45) is 5.41 Å². The SMILES string of the molecule is C=Cc1cncc(C)c1-c1noc(C2CC2)c1C=C1CC2(CCNCC2)C1. The van der Waals surface area contributed by atoms with E-state index in [9.17, 15) is 0 Å². The summed E-state index contributed by atoms with van der Waals surface area (Å²) in [6.07, 6.45) is 15.5. The predicted octanol–water partition coefficient (Wildman–Crippen LogP) is 5.11. The third-order valence-corrected chi connectivity index (χ3v) is 6.54. The average Bonchev–Trinajstić information content (AvgIpc) is 3.42. The van der Waals surface area contributed by atoms with Crippen LogP contribution in [0.1, 0.15) is 66.9 Å². The number of allylic oxidation sites excluding steroid dienone is 1. The van der Waals surface area contributed by atoms with Crippen LogP contribution >= 0.6 is 0 Å². The first-order valence-electron chi connectivity index (χ1n) is 10.2. The van der Waals surface area contributed by atoms with Crippen LogP contribution in [0, 0.1) is 12.3 Å². The van der Waals surface area contributed by atoms with Crippen molar-refractivity contribution in [1.29, 1.82) is 0 Å². The molecule has 2 saturated carbocycles. The lowest BCUT2D eigenvalue weighted by Crippen LogP contribution is -2.42. The minimum Gasteiger partial charge on any atom is -0.360 e. The third-order valence-electron chi connectivity index (χ3n) is 6.54. The van der Waals surface area contributed by atoms with Gasteiger partial charge in [-0.05, 0) is 75.6 Å². The molecule has 3 fully saturated rings. The summed E-state index contributed by atoms with van der Waals surface area (Å²) in [5.74, 6) is 1.62.